The van der Waals surface area contributed by atoms with Gasteiger partial charge in [0.25, 0.3) is 0 Å². The number of nitrogens with one attached hydrogen (secondary N) is 1. The van der Waals surface area contributed by atoms with E-state index in [9.17, 15) is 14.4 Å². The van der Waals surface area contributed by atoms with E-state index in [0.717, 1.165) is 0 Å². The first kappa shape index (κ1) is 12.2. The van der Waals surface area contributed by atoms with E-state index >= 15 is 0 Å². The summed E-state index contributed by atoms with van der Waals surface area (Å²) in [6.07, 6.45) is 0.726. The minimum Gasteiger partial charge on any atom is -0.294 e. The average molecular weight is 270 g/mol. The molecule has 3 amide bonds. The van der Waals surface area contributed by atoms with Crippen LogP contribution in [0.25, 0.3) is 10.9 Å². The van der Waals surface area contributed by atoms with Crippen LogP contribution >= 0.6 is 0 Å². The first-order valence-electron chi connectivity index (χ1n) is 6.02. The fourth-order valence-electron chi connectivity index (χ4n) is 2.10. The van der Waals surface area contributed by atoms with Crippen molar-refractivity contribution in [2.24, 2.45) is 0 Å². The summed E-state index contributed by atoms with van der Waals surface area (Å²) in [5.74, 6) is 0.0197. The number of fused-ring (bicyclic) bond motifs is 1. The predicted molar refractivity (Wildman–Crippen MR) is 70.4 cm³/mol. The minimum atomic E-state index is -0.540. The number of carbonyl (C=O) groups is 3. The van der Waals surface area contributed by atoms with Crippen LogP contribution in [-0.4, -0.2) is 34.7 Å². The maximum atomic E-state index is 11.9. The van der Waals surface area contributed by atoms with Gasteiger partial charge in [0, 0.05) is 18.4 Å². The van der Waals surface area contributed by atoms with E-state index in [0.29, 0.717) is 23.0 Å². The van der Waals surface area contributed by atoms with E-state index in [-0.39, 0.29) is 24.7 Å². The number of hydrogen-bond donors (Lipinski definition) is 1. The first-order valence-corrected chi connectivity index (χ1v) is 6.02. The molecule has 100 valence electrons. The van der Waals surface area contributed by atoms with Gasteiger partial charge in [-0.25, -0.2) is 14.8 Å². The second-order valence-electron chi connectivity index (χ2n) is 4.30. The normalized spacial score (nSPS) is 15.3. The zero-order valence-electron chi connectivity index (χ0n) is 10.4. The zero-order valence-corrected chi connectivity index (χ0v) is 10.4. The highest BCUT2D eigenvalue weighted by Gasteiger charge is 2.27. The van der Waals surface area contributed by atoms with E-state index in [2.05, 4.69) is 15.3 Å². The minimum absolute atomic E-state index is 0.00315. The van der Waals surface area contributed by atoms with Gasteiger partial charge in [0.1, 0.15) is 5.82 Å². The molecule has 20 heavy (non-hydrogen) atoms. The molecular formula is C13H10N4O3. The van der Waals surface area contributed by atoms with Crippen LogP contribution in [0.2, 0.25) is 0 Å². The summed E-state index contributed by atoms with van der Waals surface area (Å²) in [5, 5.41) is 2.88. The lowest BCUT2D eigenvalue weighted by Crippen LogP contribution is -2.50. The van der Waals surface area contributed by atoms with Gasteiger partial charge in [0.05, 0.1) is 5.52 Å². The molecule has 2 aromatic rings. The second kappa shape index (κ2) is 4.69. The number of urea groups is 1. The highest BCUT2D eigenvalue weighted by molar-refractivity contribution is 6.08. The number of amides is 3. The van der Waals surface area contributed by atoms with Gasteiger partial charge in [-0.3, -0.25) is 19.8 Å². The Bertz CT molecular complexity index is 729. The third-order valence-electron chi connectivity index (χ3n) is 3.02. The van der Waals surface area contributed by atoms with Gasteiger partial charge in [-0.1, -0.05) is 12.1 Å². The Labute approximate surface area is 113 Å². The molecule has 0 radical (unpaired) electrons. The molecule has 1 saturated heterocycles. The lowest BCUT2D eigenvalue weighted by atomic mass is 10.2. The molecule has 0 atom stereocenters. The van der Waals surface area contributed by atoms with Gasteiger partial charge in [0.2, 0.25) is 5.91 Å². The fraction of sp³-hybridized carbons (Fsp3) is 0.154. The van der Waals surface area contributed by atoms with Crippen LogP contribution in [0, 0.1) is 0 Å². The quantitative estimate of drug-likeness (QED) is 0.818. The van der Waals surface area contributed by atoms with Crippen molar-refractivity contribution in [1.82, 2.24) is 15.3 Å². The first-order chi connectivity index (χ1) is 9.69. The molecule has 7 heteroatoms. The molecule has 7 nitrogen and oxygen atoms in total. The molecule has 1 aromatic heterocycles. The van der Waals surface area contributed by atoms with Crippen LogP contribution < -0.4 is 10.2 Å². The molecule has 1 aliphatic rings. The van der Waals surface area contributed by atoms with Crippen LogP contribution in [0.15, 0.2) is 24.3 Å². The zero-order chi connectivity index (χ0) is 14.1. The number of nitrogens with zero attached hydrogens (tertiary/aromatic N) is 3. The number of hydrogen-bond acceptors (Lipinski definition) is 5. The molecule has 1 aliphatic heterocycles. The van der Waals surface area contributed by atoms with Gasteiger partial charge >= 0.3 is 6.03 Å². The third-order valence-corrected chi connectivity index (χ3v) is 3.02. The third kappa shape index (κ3) is 1.99. The van der Waals surface area contributed by atoms with Gasteiger partial charge < -0.3 is 0 Å². The van der Waals surface area contributed by atoms with E-state index in [1.54, 1.807) is 24.3 Å². The van der Waals surface area contributed by atoms with Crippen LogP contribution in [0.5, 0.6) is 0 Å². The van der Waals surface area contributed by atoms with Gasteiger partial charge in [-0.15, -0.1) is 0 Å². The van der Waals surface area contributed by atoms with Crippen molar-refractivity contribution in [1.29, 1.82) is 0 Å². The lowest BCUT2D eigenvalue weighted by Gasteiger charge is -2.26. The van der Waals surface area contributed by atoms with Crippen molar-refractivity contribution in [3.8, 4) is 0 Å². The summed E-state index contributed by atoms with van der Waals surface area (Å²) in [6, 6.07) is 6.54. The van der Waals surface area contributed by atoms with Gasteiger partial charge in [0.15, 0.2) is 12.1 Å². The number of anilines is 1. The number of aromatic nitrogens is 2. The summed E-state index contributed by atoms with van der Waals surface area (Å²) in [5.41, 5.74) is 0.573. The summed E-state index contributed by atoms with van der Waals surface area (Å²) in [7, 11) is 0. The van der Waals surface area contributed by atoms with E-state index in [1.807, 2.05) is 0 Å². The standard InChI is InChI=1S/C13H10N4O3/c18-7-10-14-9-4-2-1-3-8(9)12(15-10)17-6-5-11(19)16-13(17)20/h1-4,7H,5-6H2,(H,16,19,20). The van der Waals surface area contributed by atoms with Crippen molar-refractivity contribution in [2.75, 3.05) is 11.4 Å². The monoisotopic (exact) mass is 270 g/mol. The van der Waals surface area contributed by atoms with Crippen molar-refractivity contribution in [2.45, 2.75) is 6.42 Å². The van der Waals surface area contributed by atoms with Crippen LogP contribution in [0.1, 0.15) is 17.0 Å². The molecule has 0 bridgehead atoms. The Hall–Kier alpha value is -2.83. The molecule has 0 aliphatic carbocycles. The van der Waals surface area contributed by atoms with Crippen molar-refractivity contribution >= 4 is 34.9 Å². The van der Waals surface area contributed by atoms with E-state index in [4.69, 9.17) is 0 Å². The van der Waals surface area contributed by atoms with Crippen molar-refractivity contribution < 1.29 is 14.4 Å². The Morgan fingerprint density at radius 3 is 2.75 bits per heavy atom. The van der Waals surface area contributed by atoms with Crippen LogP contribution in [0.3, 0.4) is 0 Å². The molecule has 1 fully saturated rings. The number of aldehydes is 1. The van der Waals surface area contributed by atoms with Crippen molar-refractivity contribution in [3.05, 3.63) is 30.1 Å². The van der Waals surface area contributed by atoms with Crippen LogP contribution in [0.4, 0.5) is 10.6 Å². The topological polar surface area (TPSA) is 92.3 Å². The average Bonchev–Trinajstić information content (AvgIpc) is 2.46. The summed E-state index contributed by atoms with van der Waals surface area (Å²) >= 11 is 0. The molecule has 2 heterocycles. The summed E-state index contributed by atoms with van der Waals surface area (Å²) in [4.78, 5) is 43.5. The molecule has 1 N–H and O–H groups in total. The molecule has 0 spiro atoms. The summed E-state index contributed by atoms with van der Waals surface area (Å²) in [6.45, 7) is 0.226. The summed E-state index contributed by atoms with van der Waals surface area (Å²) < 4.78 is 0. The number of para-hydroxylation sites is 1. The van der Waals surface area contributed by atoms with E-state index < -0.39 is 6.03 Å². The Morgan fingerprint density at radius 2 is 2.00 bits per heavy atom. The van der Waals surface area contributed by atoms with Crippen molar-refractivity contribution in [3.63, 3.8) is 0 Å². The maximum absolute atomic E-state index is 11.9. The Morgan fingerprint density at radius 1 is 1.20 bits per heavy atom. The number of benzene rings is 1. The predicted octanol–water partition coefficient (Wildman–Crippen LogP) is 0.889. The molecular weight excluding hydrogens is 260 g/mol. The fourth-order valence-corrected chi connectivity index (χ4v) is 2.10. The number of imide groups is 1. The number of carbonyl (C=O) groups excluding carboxylic acids is 3. The highest BCUT2D eigenvalue weighted by Crippen LogP contribution is 2.24. The lowest BCUT2D eigenvalue weighted by molar-refractivity contribution is -0.120. The molecule has 3 rings (SSSR count). The SMILES string of the molecule is O=Cc1nc(N2CCC(=O)NC2=O)c2ccccc2n1. The number of rotatable bonds is 2. The highest BCUT2D eigenvalue weighted by atomic mass is 16.2. The smallest absolute Gasteiger partial charge is 0.294 e. The van der Waals surface area contributed by atoms with E-state index in [1.165, 1.54) is 4.90 Å². The molecule has 1 aromatic carbocycles. The second-order valence-corrected chi connectivity index (χ2v) is 4.30. The maximum Gasteiger partial charge on any atom is 0.329 e. The Kier molecular flexibility index (Phi) is 2.86. The van der Waals surface area contributed by atoms with Gasteiger partial charge in [-0.05, 0) is 12.1 Å². The molecule has 0 saturated carbocycles. The Balaban J connectivity index is 2.16. The molecule has 0 unspecified atom stereocenters. The van der Waals surface area contributed by atoms with Crippen LogP contribution in [-0.2, 0) is 4.79 Å². The van der Waals surface area contributed by atoms with Gasteiger partial charge in [-0.2, -0.15) is 0 Å². The largest absolute Gasteiger partial charge is 0.329 e.